The predicted octanol–water partition coefficient (Wildman–Crippen LogP) is 1.38. The van der Waals surface area contributed by atoms with Gasteiger partial charge in [0.05, 0.1) is 0 Å². The molecule has 2 heterocycles. The maximum Gasteiger partial charge on any atom is 0.293 e. The summed E-state index contributed by atoms with van der Waals surface area (Å²) >= 11 is 0. The molecule has 1 amide bonds. The first-order chi connectivity index (χ1) is 7.70. The lowest BCUT2D eigenvalue weighted by atomic mass is 9.95. The second-order valence-electron chi connectivity index (χ2n) is 4.41. The fourth-order valence-corrected chi connectivity index (χ4v) is 2.16. The molecular weight excluding hydrogens is 204 g/mol. The largest absolute Gasteiger partial charge is 0.336 e. The number of carbonyl (C=O) groups excluding carboxylic acids is 1. The van der Waals surface area contributed by atoms with Crippen LogP contribution in [0.4, 0.5) is 0 Å². The van der Waals surface area contributed by atoms with Crippen molar-refractivity contribution in [2.75, 3.05) is 13.1 Å². The summed E-state index contributed by atoms with van der Waals surface area (Å²) in [5, 5.41) is 6.62. The average molecular weight is 222 g/mol. The number of likely N-dealkylation sites (tertiary alicyclic amines) is 1. The number of carbonyl (C=O) groups is 1. The number of amides is 1. The topological polar surface area (TPSA) is 61.9 Å². The van der Waals surface area contributed by atoms with Crippen molar-refractivity contribution in [1.82, 2.24) is 20.1 Å². The van der Waals surface area contributed by atoms with Gasteiger partial charge >= 0.3 is 0 Å². The molecule has 0 radical (unpaired) electrons. The first kappa shape index (κ1) is 11.1. The number of nitrogens with one attached hydrogen (secondary N) is 1. The monoisotopic (exact) mass is 222 g/mol. The van der Waals surface area contributed by atoms with E-state index in [1.165, 1.54) is 6.42 Å². The van der Waals surface area contributed by atoms with Crippen LogP contribution < -0.4 is 0 Å². The number of aromatic amines is 1. The van der Waals surface area contributed by atoms with Crippen LogP contribution in [0.15, 0.2) is 0 Å². The molecule has 2 rings (SSSR count). The third kappa shape index (κ3) is 2.23. The summed E-state index contributed by atoms with van der Waals surface area (Å²) in [5.74, 6) is 1.59. The van der Waals surface area contributed by atoms with Gasteiger partial charge in [0, 0.05) is 13.1 Å². The van der Waals surface area contributed by atoms with E-state index < -0.39 is 0 Å². The Bertz CT molecular complexity index is 374. The van der Waals surface area contributed by atoms with E-state index in [0.29, 0.717) is 17.6 Å². The van der Waals surface area contributed by atoms with Crippen LogP contribution in [0, 0.1) is 12.8 Å². The first-order valence-corrected chi connectivity index (χ1v) is 5.89. The van der Waals surface area contributed by atoms with Crippen LogP contribution in [0.25, 0.3) is 0 Å². The number of hydrogen-bond donors (Lipinski definition) is 1. The highest BCUT2D eigenvalue weighted by Crippen LogP contribution is 2.20. The Kier molecular flexibility index (Phi) is 3.22. The van der Waals surface area contributed by atoms with Gasteiger partial charge in [-0.1, -0.05) is 13.3 Å². The first-order valence-electron chi connectivity index (χ1n) is 5.89. The highest BCUT2D eigenvalue weighted by molar-refractivity contribution is 5.90. The number of nitrogens with zero attached hydrogens (tertiary/aromatic N) is 3. The maximum absolute atomic E-state index is 12.1. The number of hydrogen-bond acceptors (Lipinski definition) is 3. The molecule has 1 saturated heterocycles. The third-order valence-electron chi connectivity index (χ3n) is 3.17. The van der Waals surface area contributed by atoms with E-state index >= 15 is 0 Å². The van der Waals surface area contributed by atoms with Gasteiger partial charge in [-0.05, 0) is 25.7 Å². The zero-order chi connectivity index (χ0) is 11.5. The highest BCUT2D eigenvalue weighted by atomic mass is 16.2. The summed E-state index contributed by atoms with van der Waals surface area (Å²) < 4.78 is 0. The smallest absolute Gasteiger partial charge is 0.293 e. The van der Waals surface area contributed by atoms with E-state index in [2.05, 4.69) is 22.1 Å². The standard InChI is InChI=1S/C11H18N4O/c1-3-9-5-4-6-15(7-9)11(16)10-12-8(2)13-14-10/h9H,3-7H2,1-2H3,(H,12,13,14). The predicted molar refractivity (Wildman–Crippen MR) is 60.0 cm³/mol. The molecule has 1 unspecified atom stereocenters. The normalized spacial score (nSPS) is 21.1. The molecule has 1 fully saturated rings. The van der Waals surface area contributed by atoms with Gasteiger partial charge in [0.2, 0.25) is 5.82 Å². The van der Waals surface area contributed by atoms with Crippen molar-refractivity contribution in [3.05, 3.63) is 11.6 Å². The van der Waals surface area contributed by atoms with Crippen molar-refractivity contribution < 1.29 is 4.79 Å². The fraction of sp³-hybridized carbons (Fsp3) is 0.727. The average Bonchev–Trinajstić information content (AvgIpc) is 2.75. The van der Waals surface area contributed by atoms with Crippen molar-refractivity contribution in [1.29, 1.82) is 0 Å². The molecule has 1 N–H and O–H groups in total. The minimum atomic E-state index is -0.0394. The second kappa shape index (κ2) is 4.63. The molecule has 1 aromatic heterocycles. The van der Waals surface area contributed by atoms with E-state index in [9.17, 15) is 4.79 Å². The Morgan fingerprint density at radius 1 is 1.62 bits per heavy atom. The molecule has 1 aliphatic rings. The number of aromatic nitrogens is 3. The Labute approximate surface area is 95.2 Å². The maximum atomic E-state index is 12.1. The van der Waals surface area contributed by atoms with Crippen molar-refractivity contribution in [3.8, 4) is 0 Å². The van der Waals surface area contributed by atoms with Gasteiger partial charge in [0.25, 0.3) is 5.91 Å². The van der Waals surface area contributed by atoms with Gasteiger partial charge in [-0.25, -0.2) is 4.98 Å². The van der Waals surface area contributed by atoms with Crippen molar-refractivity contribution >= 4 is 5.91 Å². The molecule has 0 saturated carbocycles. The molecule has 0 bridgehead atoms. The van der Waals surface area contributed by atoms with Crippen LogP contribution in [0.3, 0.4) is 0 Å². The molecule has 16 heavy (non-hydrogen) atoms. The molecule has 88 valence electrons. The number of aryl methyl sites for hydroxylation is 1. The lowest BCUT2D eigenvalue weighted by Crippen LogP contribution is -2.40. The van der Waals surface area contributed by atoms with Gasteiger partial charge in [0.15, 0.2) is 0 Å². The molecular formula is C11H18N4O. The third-order valence-corrected chi connectivity index (χ3v) is 3.17. The lowest BCUT2D eigenvalue weighted by Gasteiger charge is -2.31. The lowest BCUT2D eigenvalue weighted by molar-refractivity contribution is 0.0659. The molecule has 1 aromatic rings. The number of piperidine rings is 1. The zero-order valence-corrected chi connectivity index (χ0v) is 9.86. The number of H-pyrrole nitrogens is 1. The quantitative estimate of drug-likeness (QED) is 0.822. The molecule has 0 aromatic carbocycles. The van der Waals surface area contributed by atoms with Crippen LogP contribution in [-0.4, -0.2) is 39.1 Å². The minimum absolute atomic E-state index is 0.0394. The van der Waals surface area contributed by atoms with Crippen LogP contribution in [0.5, 0.6) is 0 Å². The van der Waals surface area contributed by atoms with Crippen LogP contribution in [0.2, 0.25) is 0 Å². The number of rotatable bonds is 2. The van der Waals surface area contributed by atoms with Crippen molar-refractivity contribution in [3.63, 3.8) is 0 Å². The highest BCUT2D eigenvalue weighted by Gasteiger charge is 2.25. The Balaban J connectivity index is 2.04. The van der Waals surface area contributed by atoms with E-state index in [0.717, 1.165) is 25.9 Å². The molecule has 1 atom stereocenters. The van der Waals surface area contributed by atoms with Crippen molar-refractivity contribution in [2.45, 2.75) is 33.1 Å². The van der Waals surface area contributed by atoms with Crippen LogP contribution >= 0.6 is 0 Å². The molecule has 0 aliphatic carbocycles. The Morgan fingerprint density at radius 2 is 2.44 bits per heavy atom. The van der Waals surface area contributed by atoms with Crippen LogP contribution in [0.1, 0.15) is 42.6 Å². The SMILES string of the molecule is CCC1CCCN(C(=O)c2n[nH]c(C)n2)C1. The molecule has 0 spiro atoms. The second-order valence-corrected chi connectivity index (χ2v) is 4.41. The summed E-state index contributed by atoms with van der Waals surface area (Å²) in [6.07, 6.45) is 3.46. The van der Waals surface area contributed by atoms with Gasteiger partial charge in [-0.3, -0.25) is 9.89 Å². The van der Waals surface area contributed by atoms with E-state index in [-0.39, 0.29) is 5.91 Å². The summed E-state index contributed by atoms with van der Waals surface area (Å²) in [7, 11) is 0. The molecule has 5 heteroatoms. The molecule has 5 nitrogen and oxygen atoms in total. The van der Waals surface area contributed by atoms with E-state index in [1.807, 2.05) is 4.90 Å². The fourth-order valence-electron chi connectivity index (χ4n) is 2.16. The van der Waals surface area contributed by atoms with Gasteiger partial charge in [-0.2, -0.15) is 0 Å². The van der Waals surface area contributed by atoms with Gasteiger partial charge < -0.3 is 4.90 Å². The summed E-state index contributed by atoms with van der Waals surface area (Å²) in [5.41, 5.74) is 0. The van der Waals surface area contributed by atoms with Crippen LogP contribution in [-0.2, 0) is 0 Å². The van der Waals surface area contributed by atoms with Gasteiger partial charge in [0.1, 0.15) is 5.82 Å². The summed E-state index contributed by atoms with van der Waals surface area (Å²) in [6, 6.07) is 0. The summed E-state index contributed by atoms with van der Waals surface area (Å²) in [4.78, 5) is 18.0. The van der Waals surface area contributed by atoms with E-state index in [4.69, 9.17) is 0 Å². The Morgan fingerprint density at radius 3 is 3.06 bits per heavy atom. The molecule has 1 aliphatic heterocycles. The zero-order valence-electron chi connectivity index (χ0n) is 9.86. The Hall–Kier alpha value is -1.39. The van der Waals surface area contributed by atoms with Gasteiger partial charge in [-0.15, -0.1) is 5.10 Å². The summed E-state index contributed by atoms with van der Waals surface area (Å²) in [6.45, 7) is 5.66. The van der Waals surface area contributed by atoms with E-state index in [1.54, 1.807) is 6.92 Å². The minimum Gasteiger partial charge on any atom is -0.336 e. The van der Waals surface area contributed by atoms with Crippen molar-refractivity contribution in [2.24, 2.45) is 5.92 Å².